The van der Waals surface area contributed by atoms with Gasteiger partial charge in [-0.3, -0.25) is 0 Å². The lowest BCUT2D eigenvalue weighted by Gasteiger charge is -2.11. The number of likely N-dealkylation sites (N-methyl/N-ethyl adjacent to an activating group) is 2. The van der Waals surface area contributed by atoms with E-state index in [2.05, 4.69) is 19.8 Å². The number of benzene rings is 3. The lowest BCUT2D eigenvalue weighted by Crippen LogP contribution is -2.15. The van der Waals surface area contributed by atoms with Crippen molar-refractivity contribution in [3.05, 3.63) is 95.3 Å². The molecule has 5 rings (SSSR count). The Morgan fingerprint density at radius 3 is 1.40 bits per heavy atom. The second-order valence-corrected chi connectivity index (χ2v) is 10.4. The maximum atomic E-state index is 13.0. The maximum absolute atomic E-state index is 13.0. The normalized spacial score (nSPS) is 11.6. The Labute approximate surface area is 233 Å². The molecule has 0 bridgehead atoms. The average molecular weight is 539 g/mol. The summed E-state index contributed by atoms with van der Waals surface area (Å²) >= 11 is 0. The smallest absolute Gasteiger partial charge is 0.343 e. The molecule has 3 aromatic carbocycles. The molecule has 2 heterocycles. The van der Waals surface area contributed by atoms with Crippen LogP contribution < -0.4 is 9.47 Å². The third-order valence-corrected chi connectivity index (χ3v) is 6.92. The van der Waals surface area contributed by atoms with Crippen LogP contribution in [-0.2, 0) is 12.8 Å². The number of hydrogen-bond donors (Lipinski definition) is 2. The van der Waals surface area contributed by atoms with Gasteiger partial charge in [0.2, 0.25) is 0 Å². The van der Waals surface area contributed by atoms with E-state index < -0.39 is 11.9 Å². The van der Waals surface area contributed by atoms with E-state index >= 15 is 0 Å². The Kier molecular flexibility index (Phi) is 8.00. The van der Waals surface area contributed by atoms with Crippen LogP contribution in [0.4, 0.5) is 0 Å². The number of ether oxygens (including phenoxy) is 2. The molecule has 0 fully saturated rings. The van der Waals surface area contributed by atoms with E-state index in [1.807, 2.05) is 64.8 Å². The molecule has 0 aliphatic heterocycles. The lowest BCUT2D eigenvalue weighted by atomic mass is 10.1. The highest BCUT2D eigenvalue weighted by Gasteiger charge is 2.18. The minimum absolute atomic E-state index is 0.345. The van der Waals surface area contributed by atoms with Gasteiger partial charge in [0, 0.05) is 47.3 Å². The van der Waals surface area contributed by atoms with Crippen LogP contribution in [0, 0.1) is 0 Å². The molecule has 5 aromatic rings. The molecule has 40 heavy (non-hydrogen) atoms. The molecule has 2 N–H and O–H groups in total. The Hall–Kier alpha value is -4.40. The quantitative estimate of drug-likeness (QED) is 0.185. The second kappa shape index (κ2) is 11.8. The monoisotopic (exact) mass is 538 g/mol. The molecule has 0 saturated heterocycles. The first-order valence-corrected chi connectivity index (χ1v) is 13.3. The number of hydrogen-bond acceptors (Lipinski definition) is 6. The molecule has 0 radical (unpaired) electrons. The van der Waals surface area contributed by atoms with Crippen molar-refractivity contribution < 1.29 is 19.1 Å². The molecule has 8 nitrogen and oxygen atoms in total. The fourth-order valence-corrected chi connectivity index (χ4v) is 4.75. The van der Waals surface area contributed by atoms with Crippen molar-refractivity contribution in [3.63, 3.8) is 0 Å². The molecule has 0 unspecified atom stereocenters. The third-order valence-electron chi connectivity index (χ3n) is 6.92. The predicted octanol–water partition coefficient (Wildman–Crippen LogP) is 5.30. The minimum Gasteiger partial charge on any atom is -0.422 e. The summed E-state index contributed by atoms with van der Waals surface area (Å²) in [5.74, 6) is 0.0286. The lowest BCUT2D eigenvalue weighted by molar-refractivity contribution is 0.0723. The van der Waals surface area contributed by atoms with Crippen molar-refractivity contribution >= 4 is 33.7 Å². The molecule has 0 saturated carbocycles. The van der Waals surface area contributed by atoms with E-state index in [1.54, 1.807) is 36.4 Å². The second-order valence-electron chi connectivity index (χ2n) is 10.4. The maximum Gasteiger partial charge on any atom is 0.343 e. The summed E-state index contributed by atoms with van der Waals surface area (Å²) in [4.78, 5) is 36.8. The fraction of sp³-hybridized carbons (Fsp3) is 0.250. The summed E-state index contributed by atoms with van der Waals surface area (Å²) < 4.78 is 11.6. The van der Waals surface area contributed by atoms with Gasteiger partial charge in [0.05, 0.1) is 11.1 Å². The van der Waals surface area contributed by atoms with E-state index in [9.17, 15) is 9.59 Å². The standard InChI is InChI=1S/C32H34N4O4/c1-35(2)17-15-23-19-33-25-7-5-9-27(29(23)25)39-31(37)21-11-13-22(14-12-21)32(38)40-28-10-6-8-26-30(28)24(20-34-26)16-18-36(3)4/h5-14,19-20,33-34H,15-18H2,1-4H3. The topological polar surface area (TPSA) is 90.7 Å². The number of carbonyl (C=O) groups excluding carboxylic acids is 2. The van der Waals surface area contributed by atoms with Gasteiger partial charge >= 0.3 is 11.9 Å². The SMILES string of the molecule is CN(C)CCc1c[nH]c2cccc(OC(=O)c3ccc(C(=O)Oc4cccc5[nH]cc(CCN(C)C)c45)cc3)c12. The van der Waals surface area contributed by atoms with E-state index in [0.29, 0.717) is 22.6 Å². The molecule has 0 aliphatic rings. The van der Waals surface area contributed by atoms with Crippen molar-refractivity contribution in [1.29, 1.82) is 0 Å². The Bertz CT molecular complexity index is 1520. The van der Waals surface area contributed by atoms with Gasteiger partial charge in [-0.25, -0.2) is 9.59 Å². The highest BCUT2D eigenvalue weighted by atomic mass is 16.5. The van der Waals surface area contributed by atoms with Crippen LogP contribution in [0.15, 0.2) is 73.1 Å². The Morgan fingerprint density at radius 2 is 1.02 bits per heavy atom. The van der Waals surface area contributed by atoms with Gasteiger partial charge in [-0.2, -0.15) is 0 Å². The van der Waals surface area contributed by atoms with Gasteiger partial charge < -0.3 is 29.2 Å². The van der Waals surface area contributed by atoms with Crippen molar-refractivity contribution in [2.45, 2.75) is 12.8 Å². The summed E-state index contributed by atoms with van der Waals surface area (Å²) in [5.41, 5.74) is 4.70. The molecule has 8 heteroatoms. The van der Waals surface area contributed by atoms with Gasteiger partial charge in [0.25, 0.3) is 0 Å². The molecule has 2 aromatic heterocycles. The number of nitrogens with one attached hydrogen (secondary N) is 2. The van der Waals surface area contributed by atoms with Crippen molar-refractivity contribution in [2.75, 3.05) is 41.3 Å². The number of fused-ring (bicyclic) bond motifs is 2. The number of nitrogens with zero attached hydrogens (tertiary/aromatic N) is 2. The van der Waals surface area contributed by atoms with Crippen molar-refractivity contribution in [3.8, 4) is 11.5 Å². The molecular weight excluding hydrogens is 504 g/mol. The Balaban J connectivity index is 1.30. The first-order valence-electron chi connectivity index (χ1n) is 13.3. The molecule has 0 amide bonds. The zero-order valence-electron chi connectivity index (χ0n) is 23.3. The van der Waals surface area contributed by atoms with E-state index in [-0.39, 0.29) is 0 Å². The summed E-state index contributed by atoms with van der Waals surface area (Å²) in [6, 6.07) is 17.6. The van der Waals surface area contributed by atoms with Gasteiger partial charge in [0.15, 0.2) is 0 Å². The summed E-state index contributed by atoms with van der Waals surface area (Å²) in [5, 5.41) is 1.81. The van der Waals surface area contributed by atoms with Crippen molar-refractivity contribution in [1.82, 2.24) is 19.8 Å². The van der Waals surface area contributed by atoms with E-state index in [0.717, 1.165) is 58.9 Å². The molecule has 0 spiro atoms. The number of rotatable bonds is 10. The zero-order chi connectivity index (χ0) is 28.2. The summed E-state index contributed by atoms with van der Waals surface area (Å²) in [7, 11) is 8.11. The van der Waals surface area contributed by atoms with Crippen LogP contribution in [0.1, 0.15) is 31.8 Å². The summed E-state index contributed by atoms with van der Waals surface area (Å²) in [6.07, 6.45) is 5.58. The van der Waals surface area contributed by atoms with Crippen LogP contribution in [0.5, 0.6) is 11.5 Å². The van der Waals surface area contributed by atoms with Gasteiger partial charge in [-0.05, 0) is 101 Å². The molecular formula is C32H34N4O4. The first-order chi connectivity index (χ1) is 19.3. The molecule has 206 valence electrons. The van der Waals surface area contributed by atoms with Crippen LogP contribution in [0.25, 0.3) is 21.8 Å². The fourth-order valence-electron chi connectivity index (χ4n) is 4.75. The molecule has 0 atom stereocenters. The van der Waals surface area contributed by atoms with Gasteiger partial charge in [0.1, 0.15) is 11.5 Å². The number of carbonyl (C=O) groups is 2. The van der Waals surface area contributed by atoms with Crippen LogP contribution in [-0.4, -0.2) is 73.0 Å². The average Bonchev–Trinajstić information content (AvgIpc) is 3.56. The highest BCUT2D eigenvalue weighted by Crippen LogP contribution is 2.31. The van der Waals surface area contributed by atoms with Gasteiger partial charge in [-0.15, -0.1) is 0 Å². The largest absolute Gasteiger partial charge is 0.422 e. The zero-order valence-corrected chi connectivity index (χ0v) is 23.3. The Morgan fingerprint density at radius 1 is 0.625 bits per heavy atom. The third kappa shape index (κ3) is 5.93. The van der Waals surface area contributed by atoms with Gasteiger partial charge in [-0.1, -0.05) is 12.1 Å². The predicted molar refractivity (Wildman–Crippen MR) is 157 cm³/mol. The summed E-state index contributed by atoms with van der Waals surface area (Å²) in [6.45, 7) is 1.76. The number of H-pyrrole nitrogens is 2. The van der Waals surface area contributed by atoms with E-state index in [4.69, 9.17) is 9.47 Å². The molecule has 0 aliphatic carbocycles. The van der Waals surface area contributed by atoms with Crippen LogP contribution in [0.3, 0.4) is 0 Å². The number of aromatic amines is 2. The minimum atomic E-state index is -0.491. The van der Waals surface area contributed by atoms with E-state index in [1.165, 1.54) is 0 Å². The highest BCUT2D eigenvalue weighted by molar-refractivity contribution is 5.99. The van der Waals surface area contributed by atoms with Crippen molar-refractivity contribution in [2.24, 2.45) is 0 Å². The first kappa shape index (κ1) is 27.2. The number of aromatic nitrogens is 2. The van der Waals surface area contributed by atoms with Crippen LogP contribution in [0.2, 0.25) is 0 Å². The number of esters is 2. The van der Waals surface area contributed by atoms with Crippen LogP contribution >= 0.6 is 0 Å².